The summed E-state index contributed by atoms with van der Waals surface area (Å²) in [4.78, 5) is 17.2. The first kappa shape index (κ1) is 23.4. The fourth-order valence-corrected chi connectivity index (χ4v) is 3.07. The predicted molar refractivity (Wildman–Crippen MR) is 114 cm³/mol. The molecule has 27 heavy (non-hydrogen) atoms. The lowest BCUT2D eigenvalue weighted by Gasteiger charge is -2.30. The van der Waals surface area contributed by atoms with Crippen molar-refractivity contribution in [3.8, 4) is 0 Å². The van der Waals surface area contributed by atoms with E-state index in [2.05, 4.69) is 42.8 Å². The van der Waals surface area contributed by atoms with Crippen molar-refractivity contribution in [2.45, 2.75) is 59.5 Å². The lowest BCUT2D eigenvalue weighted by molar-refractivity contribution is 0.0543. The molecule has 5 heteroatoms. The van der Waals surface area contributed by atoms with Crippen molar-refractivity contribution in [1.82, 2.24) is 9.80 Å². The van der Waals surface area contributed by atoms with Crippen LogP contribution in [0.25, 0.3) is 0 Å². The Morgan fingerprint density at radius 2 is 1.48 bits per heavy atom. The second kappa shape index (κ2) is 14.5. The number of nitrogens with one attached hydrogen (secondary N) is 1. The zero-order chi connectivity index (χ0) is 19.9. The van der Waals surface area contributed by atoms with Crippen LogP contribution in [0.5, 0.6) is 0 Å². The Kier molecular flexibility index (Phi) is 12.6. The summed E-state index contributed by atoms with van der Waals surface area (Å²) >= 11 is 0. The maximum atomic E-state index is 12.4. The summed E-state index contributed by atoms with van der Waals surface area (Å²) in [7, 11) is 0. The summed E-state index contributed by atoms with van der Waals surface area (Å²) in [6, 6.07) is 9.48. The van der Waals surface area contributed by atoms with Crippen LogP contribution in [-0.2, 0) is 4.74 Å². The molecule has 1 aromatic carbocycles. The van der Waals surface area contributed by atoms with Gasteiger partial charge in [-0.25, -0.2) is 4.79 Å². The number of anilines is 1. The van der Waals surface area contributed by atoms with Crippen LogP contribution < -0.4 is 5.32 Å². The van der Waals surface area contributed by atoms with Crippen molar-refractivity contribution in [2.75, 3.05) is 44.6 Å². The monoisotopic (exact) mass is 377 g/mol. The van der Waals surface area contributed by atoms with Gasteiger partial charge in [-0.15, -0.1) is 0 Å². The molecule has 0 aliphatic heterocycles. The molecule has 1 atom stereocenters. The number of carbonyl (C=O) groups is 1. The molecule has 0 saturated carbocycles. The third-order valence-electron chi connectivity index (χ3n) is 4.77. The van der Waals surface area contributed by atoms with Gasteiger partial charge in [-0.05, 0) is 51.2 Å². The molecule has 0 heterocycles. The van der Waals surface area contributed by atoms with E-state index in [-0.39, 0.29) is 12.2 Å². The van der Waals surface area contributed by atoms with Crippen LogP contribution in [0.15, 0.2) is 30.3 Å². The molecule has 154 valence electrons. The first-order valence-corrected chi connectivity index (χ1v) is 10.6. The molecular formula is C22H39N3O2. The summed E-state index contributed by atoms with van der Waals surface area (Å²) in [5.41, 5.74) is 0.762. The van der Waals surface area contributed by atoms with Crippen LogP contribution >= 0.6 is 0 Å². The molecule has 1 aromatic rings. The summed E-state index contributed by atoms with van der Waals surface area (Å²) in [6.07, 6.45) is 4.21. The summed E-state index contributed by atoms with van der Waals surface area (Å²) in [6.45, 7) is 14.3. The summed E-state index contributed by atoms with van der Waals surface area (Å²) < 4.78 is 5.85. The van der Waals surface area contributed by atoms with E-state index in [1.54, 1.807) is 0 Å². The van der Waals surface area contributed by atoms with Crippen molar-refractivity contribution in [1.29, 1.82) is 0 Å². The average molecular weight is 378 g/mol. The van der Waals surface area contributed by atoms with Gasteiger partial charge in [0.2, 0.25) is 0 Å². The van der Waals surface area contributed by atoms with E-state index in [9.17, 15) is 4.79 Å². The first-order chi connectivity index (χ1) is 13.1. The fraction of sp³-hybridized carbons (Fsp3) is 0.682. The number of ether oxygens (including phenoxy) is 1. The lowest BCUT2D eigenvalue weighted by atomic mass is 10.2. The Balaban J connectivity index is 2.72. The second-order valence-electron chi connectivity index (χ2n) is 7.01. The smallest absolute Gasteiger partial charge is 0.411 e. The maximum absolute atomic E-state index is 12.4. The van der Waals surface area contributed by atoms with Crippen molar-refractivity contribution < 1.29 is 9.53 Å². The molecule has 0 radical (unpaired) electrons. The Morgan fingerprint density at radius 3 is 2.00 bits per heavy atom. The second-order valence-corrected chi connectivity index (χ2v) is 7.01. The predicted octanol–water partition coefficient (Wildman–Crippen LogP) is 4.85. The molecule has 0 bridgehead atoms. The fourth-order valence-electron chi connectivity index (χ4n) is 3.07. The molecule has 0 aliphatic carbocycles. The number of benzene rings is 1. The van der Waals surface area contributed by atoms with E-state index in [1.807, 2.05) is 30.3 Å². The van der Waals surface area contributed by atoms with Gasteiger partial charge < -0.3 is 9.64 Å². The zero-order valence-corrected chi connectivity index (χ0v) is 17.7. The van der Waals surface area contributed by atoms with Gasteiger partial charge in [0.1, 0.15) is 6.10 Å². The highest BCUT2D eigenvalue weighted by Gasteiger charge is 2.20. The molecule has 0 unspecified atom stereocenters. The number of hydrogen-bond acceptors (Lipinski definition) is 4. The van der Waals surface area contributed by atoms with E-state index in [0.29, 0.717) is 0 Å². The number of hydrogen-bond donors (Lipinski definition) is 1. The molecule has 0 fully saturated rings. The van der Waals surface area contributed by atoms with Crippen LogP contribution in [0, 0.1) is 0 Å². The summed E-state index contributed by atoms with van der Waals surface area (Å²) in [5.74, 6) is 0. The normalized spacial score (nSPS) is 12.4. The van der Waals surface area contributed by atoms with E-state index < -0.39 is 0 Å². The van der Waals surface area contributed by atoms with Crippen LogP contribution in [0.3, 0.4) is 0 Å². The standard InChI is InChI=1S/C22H39N3O2/c1-5-9-16-25(17-10-6-2)19-21(18-24(7-3)8-4)27-22(26)23-20-14-12-11-13-15-20/h11-15,21H,5-10,16-19H2,1-4H3,(H,23,26)/t21-/m0/s1. The number of unbranched alkanes of at least 4 members (excludes halogenated alkanes) is 2. The minimum atomic E-state index is -0.371. The number of nitrogens with zero attached hydrogens (tertiary/aromatic N) is 2. The highest BCUT2D eigenvalue weighted by atomic mass is 16.6. The van der Waals surface area contributed by atoms with Crippen molar-refractivity contribution >= 4 is 11.8 Å². The van der Waals surface area contributed by atoms with Gasteiger partial charge in [0.05, 0.1) is 0 Å². The van der Waals surface area contributed by atoms with Gasteiger partial charge in [0.15, 0.2) is 0 Å². The summed E-state index contributed by atoms with van der Waals surface area (Å²) in [5, 5.41) is 2.84. The Labute approximate surface area is 166 Å². The van der Waals surface area contributed by atoms with Crippen molar-refractivity contribution in [3.05, 3.63) is 30.3 Å². The number of rotatable bonds is 14. The van der Waals surface area contributed by atoms with E-state index in [4.69, 9.17) is 4.74 Å². The molecule has 1 amide bonds. The molecule has 5 nitrogen and oxygen atoms in total. The number of para-hydroxylation sites is 1. The van der Waals surface area contributed by atoms with Gasteiger partial charge in [-0.3, -0.25) is 10.2 Å². The molecule has 1 N–H and O–H groups in total. The van der Waals surface area contributed by atoms with Crippen LogP contribution in [0.2, 0.25) is 0 Å². The number of amides is 1. The van der Waals surface area contributed by atoms with Gasteiger partial charge in [0.25, 0.3) is 0 Å². The third kappa shape index (κ3) is 10.4. The largest absolute Gasteiger partial charge is 0.443 e. The highest BCUT2D eigenvalue weighted by Crippen LogP contribution is 2.09. The SMILES string of the molecule is CCCCN(CCCC)C[C@H](CN(CC)CC)OC(=O)Nc1ccccc1. The zero-order valence-electron chi connectivity index (χ0n) is 17.7. The van der Waals surface area contributed by atoms with Gasteiger partial charge in [-0.2, -0.15) is 0 Å². The van der Waals surface area contributed by atoms with Crippen LogP contribution in [-0.4, -0.2) is 61.3 Å². The number of likely N-dealkylation sites (N-methyl/N-ethyl adjacent to an activating group) is 1. The first-order valence-electron chi connectivity index (χ1n) is 10.6. The molecule has 0 spiro atoms. The Bertz CT molecular complexity index is 484. The topological polar surface area (TPSA) is 44.8 Å². The quantitative estimate of drug-likeness (QED) is 0.503. The Hall–Kier alpha value is -1.59. The van der Waals surface area contributed by atoms with Crippen LogP contribution in [0.1, 0.15) is 53.4 Å². The third-order valence-corrected chi connectivity index (χ3v) is 4.77. The minimum Gasteiger partial charge on any atom is -0.443 e. The number of carbonyl (C=O) groups excluding carboxylic acids is 1. The molecular weight excluding hydrogens is 338 g/mol. The molecule has 1 rings (SSSR count). The van der Waals surface area contributed by atoms with Gasteiger partial charge in [-0.1, -0.05) is 58.7 Å². The average Bonchev–Trinajstić information content (AvgIpc) is 2.68. The molecule has 0 saturated heterocycles. The van der Waals surface area contributed by atoms with Crippen LogP contribution in [0.4, 0.5) is 10.5 Å². The molecule has 0 aromatic heterocycles. The van der Waals surface area contributed by atoms with Gasteiger partial charge in [0, 0.05) is 18.8 Å². The van der Waals surface area contributed by atoms with Gasteiger partial charge >= 0.3 is 6.09 Å². The van der Waals surface area contributed by atoms with E-state index >= 15 is 0 Å². The van der Waals surface area contributed by atoms with Crippen molar-refractivity contribution in [2.24, 2.45) is 0 Å². The van der Waals surface area contributed by atoms with Crippen molar-refractivity contribution in [3.63, 3.8) is 0 Å². The lowest BCUT2D eigenvalue weighted by Crippen LogP contribution is -2.44. The highest BCUT2D eigenvalue weighted by molar-refractivity contribution is 5.84. The van der Waals surface area contributed by atoms with E-state index in [0.717, 1.165) is 45.0 Å². The maximum Gasteiger partial charge on any atom is 0.411 e. The molecule has 0 aliphatic rings. The van der Waals surface area contributed by atoms with E-state index in [1.165, 1.54) is 25.7 Å². The minimum absolute atomic E-state index is 0.137. The Morgan fingerprint density at radius 1 is 0.926 bits per heavy atom.